The second kappa shape index (κ2) is 5.59. The first-order valence-corrected chi connectivity index (χ1v) is 6.27. The predicted octanol–water partition coefficient (Wildman–Crippen LogP) is 1.23. The van der Waals surface area contributed by atoms with Gasteiger partial charge in [0.25, 0.3) is 0 Å². The van der Waals surface area contributed by atoms with Crippen molar-refractivity contribution in [2.45, 2.75) is 12.8 Å². The van der Waals surface area contributed by atoms with Crippen molar-refractivity contribution in [2.24, 2.45) is 11.1 Å². The highest BCUT2D eigenvalue weighted by Gasteiger charge is 2.34. The molecule has 1 heterocycles. The Hall–Kier alpha value is -1.59. The van der Waals surface area contributed by atoms with Crippen molar-refractivity contribution in [3.63, 3.8) is 0 Å². The van der Waals surface area contributed by atoms with Crippen LogP contribution in [0.4, 0.5) is 0 Å². The first kappa shape index (κ1) is 13.8. The zero-order chi connectivity index (χ0) is 13.9. The van der Waals surface area contributed by atoms with Crippen molar-refractivity contribution >= 4 is 5.97 Å². The van der Waals surface area contributed by atoms with E-state index in [0.29, 0.717) is 12.2 Å². The minimum Gasteiger partial charge on any atom is -0.493 e. The molecule has 19 heavy (non-hydrogen) atoms. The number of benzene rings is 1. The normalized spacial score (nSPS) is 18.4. The second-order valence-corrected chi connectivity index (χ2v) is 5.29. The molecular formula is C14H19NO4. The van der Waals surface area contributed by atoms with Gasteiger partial charge in [-0.3, -0.25) is 4.79 Å². The van der Waals surface area contributed by atoms with Crippen LogP contribution in [-0.2, 0) is 9.53 Å². The van der Waals surface area contributed by atoms with Gasteiger partial charge < -0.3 is 20.3 Å². The Bertz CT molecular complexity index is 439. The monoisotopic (exact) mass is 265 g/mol. The Kier molecular flexibility index (Phi) is 4.07. The summed E-state index contributed by atoms with van der Waals surface area (Å²) in [6, 6.07) is 7.06. The van der Waals surface area contributed by atoms with Gasteiger partial charge in [0.1, 0.15) is 5.75 Å². The Morgan fingerprint density at radius 1 is 1.47 bits per heavy atom. The third kappa shape index (κ3) is 3.24. The van der Waals surface area contributed by atoms with E-state index < -0.39 is 11.9 Å². The molecule has 1 aliphatic rings. The van der Waals surface area contributed by atoms with Crippen LogP contribution in [0.25, 0.3) is 0 Å². The molecule has 0 aliphatic carbocycles. The van der Waals surface area contributed by atoms with Crippen LogP contribution in [0.3, 0.4) is 0 Å². The lowest BCUT2D eigenvalue weighted by molar-refractivity contribution is -0.138. The summed E-state index contributed by atoms with van der Waals surface area (Å²) in [5, 5.41) is 9.02. The number of nitrogens with two attached hydrogens (primary N) is 1. The Labute approximate surface area is 112 Å². The number of carbonyl (C=O) groups is 1. The minimum absolute atomic E-state index is 0.0882. The van der Waals surface area contributed by atoms with E-state index in [1.807, 2.05) is 0 Å². The average molecular weight is 265 g/mol. The van der Waals surface area contributed by atoms with Crippen LogP contribution in [0.1, 0.15) is 18.4 Å². The smallest absolute Gasteiger partial charge is 0.312 e. The first-order valence-electron chi connectivity index (χ1n) is 6.27. The van der Waals surface area contributed by atoms with E-state index in [-0.39, 0.29) is 12.0 Å². The first-order chi connectivity index (χ1) is 9.04. The third-order valence-electron chi connectivity index (χ3n) is 3.30. The molecule has 3 N–H and O–H groups in total. The highest BCUT2D eigenvalue weighted by atomic mass is 16.5. The number of aliphatic carboxylic acids is 1. The molecule has 1 saturated heterocycles. The van der Waals surface area contributed by atoms with E-state index in [0.717, 1.165) is 19.0 Å². The highest BCUT2D eigenvalue weighted by Crippen LogP contribution is 2.28. The number of hydrogen-bond donors (Lipinski definition) is 2. The molecule has 1 fully saturated rings. The van der Waals surface area contributed by atoms with Gasteiger partial charge in [-0.05, 0) is 17.7 Å². The minimum atomic E-state index is -0.907. The summed E-state index contributed by atoms with van der Waals surface area (Å²) in [4.78, 5) is 11.0. The van der Waals surface area contributed by atoms with Crippen molar-refractivity contribution in [3.8, 4) is 5.75 Å². The maximum absolute atomic E-state index is 11.0. The lowest BCUT2D eigenvalue weighted by Crippen LogP contribution is -2.44. The predicted molar refractivity (Wildman–Crippen MR) is 70.3 cm³/mol. The van der Waals surface area contributed by atoms with Gasteiger partial charge in [-0.25, -0.2) is 0 Å². The van der Waals surface area contributed by atoms with Crippen molar-refractivity contribution in [2.75, 3.05) is 26.4 Å². The van der Waals surface area contributed by atoms with E-state index in [9.17, 15) is 4.79 Å². The lowest BCUT2D eigenvalue weighted by Gasteiger charge is -2.37. The van der Waals surface area contributed by atoms with E-state index in [4.69, 9.17) is 20.3 Å². The van der Waals surface area contributed by atoms with Crippen LogP contribution in [0.2, 0.25) is 0 Å². The molecule has 0 bridgehead atoms. The fraction of sp³-hybridized carbons (Fsp3) is 0.500. The van der Waals surface area contributed by atoms with Crippen LogP contribution in [-0.4, -0.2) is 37.4 Å². The Morgan fingerprint density at radius 2 is 2.11 bits per heavy atom. The van der Waals surface area contributed by atoms with E-state index >= 15 is 0 Å². The molecule has 1 atom stereocenters. The van der Waals surface area contributed by atoms with Gasteiger partial charge in [-0.2, -0.15) is 0 Å². The topological polar surface area (TPSA) is 81.8 Å². The Morgan fingerprint density at radius 3 is 2.53 bits per heavy atom. The lowest BCUT2D eigenvalue weighted by atomic mass is 9.90. The highest BCUT2D eigenvalue weighted by molar-refractivity contribution is 5.76. The standard InChI is InChI=1S/C14H19NO4/c1-14(7-18-8-14)9-19-11-4-2-10(3-5-11)12(6-15)13(16)17/h2-5,12H,6-9,15H2,1H3,(H,16,17). The molecule has 0 radical (unpaired) electrons. The van der Waals surface area contributed by atoms with Gasteiger partial charge in [-0.1, -0.05) is 19.1 Å². The van der Waals surface area contributed by atoms with Crippen molar-refractivity contribution in [3.05, 3.63) is 29.8 Å². The van der Waals surface area contributed by atoms with Crippen molar-refractivity contribution in [1.82, 2.24) is 0 Å². The summed E-state index contributed by atoms with van der Waals surface area (Å²) in [7, 11) is 0. The van der Waals surface area contributed by atoms with Crippen LogP contribution < -0.4 is 10.5 Å². The van der Waals surface area contributed by atoms with Crippen LogP contribution in [0.15, 0.2) is 24.3 Å². The SMILES string of the molecule is CC1(COc2ccc(C(CN)C(=O)O)cc2)COC1. The van der Waals surface area contributed by atoms with E-state index in [1.54, 1.807) is 24.3 Å². The average Bonchev–Trinajstić information content (AvgIpc) is 2.36. The molecule has 0 spiro atoms. The van der Waals surface area contributed by atoms with Gasteiger partial charge in [0.2, 0.25) is 0 Å². The van der Waals surface area contributed by atoms with Crippen LogP contribution >= 0.6 is 0 Å². The van der Waals surface area contributed by atoms with Crippen LogP contribution in [0, 0.1) is 5.41 Å². The van der Waals surface area contributed by atoms with Crippen molar-refractivity contribution in [1.29, 1.82) is 0 Å². The number of ether oxygens (including phenoxy) is 2. The zero-order valence-corrected chi connectivity index (χ0v) is 11.0. The van der Waals surface area contributed by atoms with Gasteiger partial charge in [0, 0.05) is 12.0 Å². The fourth-order valence-corrected chi connectivity index (χ4v) is 1.97. The fourth-order valence-electron chi connectivity index (χ4n) is 1.97. The molecule has 1 unspecified atom stereocenters. The second-order valence-electron chi connectivity index (χ2n) is 5.29. The molecule has 0 amide bonds. The van der Waals surface area contributed by atoms with E-state index in [1.165, 1.54) is 0 Å². The van der Waals surface area contributed by atoms with Gasteiger partial charge in [0.05, 0.1) is 25.7 Å². The molecular weight excluding hydrogens is 246 g/mol. The van der Waals surface area contributed by atoms with Crippen LogP contribution in [0.5, 0.6) is 5.75 Å². The van der Waals surface area contributed by atoms with Gasteiger partial charge in [0.15, 0.2) is 0 Å². The molecule has 0 aromatic heterocycles. The van der Waals surface area contributed by atoms with Gasteiger partial charge in [-0.15, -0.1) is 0 Å². The molecule has 104 valence electrons. The molecule has 1 aromatic rings. The van der Waals surface area contributed by atoms with E-state index in [2.05, 4.69) is 6.92 Å². The molecule has 1 aliphatic heterocycles. The summed E-state index contributed by atoms with van der Waals surface area (Å²) in [5.74, 6) is -0.833. The maximum atomic E-state index is 11.0. The summed E-state index contributed by atoms with van der Waals surface area (Å²) in [6.45, 7) is 4.25. The summed E-state index contributed by atoms with van der Waals surface area (Å²) >= 11 is 0. The molecule has 2 rings (SSSR count). The number of carboxylic acid groups (broad SMARTS) is 1. The summed E-state index contributed by atoms with van der Waals surface area (Å²) in [6.07, 6.45) is 0. The molecule has 0 saturated carbocycles. The maximum Gasteiger partial charge on any atom is 0.312 e. The summed E-state index contributed by atoms with van der Waals surface area (Å²) < 4.78 is 10.8. The number of carboxylic acids is 1. The zero-order valence-electron chi connectivity index (χ0n) is 11.0. The van der Waals surface area contributed by atoms with Crippen molar-refractivity contribution < 1.29 is 19.4 Å². The molecule has 5 heteroatoms. The van der Waals surface area contributed by atoms with Gasteiger partial charge >= 0.3 is 5.97 Å². The largest absolute Gasteiger partial charge is 0.493 e. The third-order valence-corrected chi connectivity index (χ3v) is 3.30. The quantitative estimate of drug-likeness (QED) is 0.808. The molecule has 5 nitrogen and oxygen atoms in total. The number of rotatable bonds is 6. The number of hydrogen-bond acceptors (Lipinski definition) is 4. The molecule has 1 aromatic carbocycles. The Balaban J connectivity index is 1.96. The summed E-state index contributed by atoms with van der Waals surface area (Å²) in [5.41, 5.74) is 6.25.